The summed E-state index contributed by atoms with van der Waals surface area (Å²) in [5.74, 6) is 1.31. The van der Waals surface area contributed by atoms with E-state index in [2.05, 4.69) is 28.2 Å². The second kappa shape index (κ2) is 11.2. The largest absolute Gasteiger partial charge is 0.492 e. The van der Waals surface area contributed by atoms with Gasteiger partial charge in [-0.3, -0.25) is 0 Å². The Hall–Kier alpha value is -2.58. The summed E-state index contributed by atoms with van der Waals surface area (Å²) in [5, 5.41) is 3.06. The van der Waals surface area contributed by atoms with Gasteiger partial charge in [-0.05, 0) is 73.8 Å². The molecule has 1 fully saturated rings. The molecule has 184 valence electrons. The number of sulfonamides is 1. The van der Waals surface area contributed by atoms with Crippen LogP contribution in [0.2, 0.25) is 0 Å². The number of amides is 1. The number of ether oxygens (including phenoxy) is 2. The van der Waals surface area contributed by atoms with Gasteiger partial charge in [-0.2, -0.15) is 0 Å². The summed E-state index contributed by atoms with van der Waals surface area (Å²) < 4.78 is 37.8. The van der Waals surface area contributed by atoms with Crippen molar-refractivity contribution in [3.05, 3.63) is 65.2 Å². The van der Waals surface area contributed by atoms with Crippen molar-refractivity contribution < 1.29 is 22.7 Å². The van der Waals surface area contributed by atoms with Gasteiger partial charge in [0, 0.05) is 18.5 Å². The summed E-state index contributed by atoms with van der Waals surface area (Å²) in [6.45, 7) is 2.64. The van der Waals surface area contributed by atoms with Gasteiger partial charge in [-0.15, -0.1) is 0 Å². The fourth-order valence-corrected chi connectivity index (χ4v) is 6.07. The van der Waals surface area contributed by atoms with E-state index in [4.69, 9.17) is 9.47 Å². The van der Waals surface area contributed by atoms with E-state index >= 15 is 0 Å². The van der Waals surface area contributed by atoms with Crippen molar-refractivity contribution in [2.45, 2.75) is 51.0 Å². The van der Waals surface area contributed by atoms with Gasteiger partial charge < -0.3 is 14.8 Å². The van der Waals surface area contributed by atoms with Crippen molar-refractivity contribution in [1.29, 1.82) is 0 Å². The fraction of sp³-hybridized carbons (Fsp3) is 0.500. The van der Waals surface area contributed by atoms with Crippen LogP contribution in [-0.2, 0) is 27.6 Å². The Balaban J connectivity index is 1.45. The van der Waals surface area contributed by atoms with Crippen LogP contribution < -0.4 is 14.8 Å². The lowest BCUT2D eigenvalue weighted by Gasteiger charge is -2.34. The number of rotatable bonds is 11. The van der Waals surface area contributed by atoms with Gasteiger partial charge in [0.05, 0.1) is 12.4 Å². The molecule has 2 aromatic carbocycles. The Kier molecular flexibility index (Phi) is 8.11. The van der Waals surface area contributed by atoms with Crippen LogP contribution in [0.5, 0.6) is 5.75 Å². The third kappa shape index (κ3) is 6.96. The van der Waals surface area contributed by atoms with Crippen molar-refractivity contribution in [3.63, 3.8) is 0 Å². The zero-order valence-electron chi connectivity index (χ0n) is 19.7. The lowest BCUT2D eigenvalue weighted by Crippen LogP contribution is -2.43. The minimum absolute atomic E-state index is 0.0451. The number of hydrogen-bond donors (Lipinski definition) is 2. The van der Waals surface area contributed by atoms with Crippen LogP contribution in [0.4, 0.5) is 4.79 Å². The molecule has 0 spiro atoms. The standard InChI is InChI=1S/C26H34N2O5S/c1-2-32-26(29)28-25-13-11-21-10-12-22(33-15-14-27-34(30,31)18-20-8-9-20)17-23(21)24(25)16-19-6-4-3-5-7-19/h3-7,10,12,17,20,24-25,27H,2,8-9,11,13-16,18H2,1H3,(H,28,29). The fourth-order valence-electron chi connectivity index (χ4n) is 4.60. The Morgan fingerprint density at radius 3 is 2.62 bits per heavy atom. The van der Waals surface area contributed by atoms with Crippen LogP contribution in [0.3, 0.4) is 0 Å². The molecule has 0 radical (unpaired) electrons. The van der Waals surface area contributed by atoms with Crippen LogP contribution >= 0.6 is 0 Å². The van der Waals surface area contributed by atoms with Crippen LogP contribution in [0, 0.1) is 5.92 Å². The lowest BCUT2D eigenvalue weighted by molar-refractivity contribution is 0.144. The number of carbonyl (C=O) groups is 1. The summed E-state index contributed by atoms with van der Waals surface area (Å²) in [6, 6.07) is 16.3. The topological polar surface area (TPSA) is 93.7 Å². The van der Waals surface area contributed by atoms with Gasteiger partial charge in [0.2, 0.25) is 10.0 Å². The lowest BCUT2D eigenvalue weighted by atomic mass is 9.76. The van der Waals surface area contributed by atoms with E-state index in [9.17, 15) is 13.2 Å². The van der Waals surface area contributed by atoms with Crippen LogP contribution in [-0.4, -0.2) is 46.1 Å². The minimum Gasteiger partial charge on any atom is -0.492 e. The maximum Gasteiger partial charge on any atom is 0.407 e. The Morgan fingerprint density at radius 2 is 1.88 bits per heavy atom. The molecule has 0 aromatic heterocycles. The van der Waals surface area contributed by atoms with Gasteiger partial charge in [0.1, 0.15) is 12.4 Å². The molecule has 4 rings (SSSR count). The second-order valence-electron chi connectivity index (χ2n) is 9.13. The Bertz CT molecular complexity index is 1070. The molecular formula is C26H34N2O5S. The highest BCUT2D eigenvalue weighted by molar-refractivity contribution is 7.89. The van der Waals surface area contributed by atoms with Gasteiger partial charge >= 0.3 is 6.09 Å². The smallest absolute Gasteiger partial charge is 0.407 e. The molecule has 2 unspecified atom stereocenters. The van der Waals surface area contributed by atoms with E-state index in [-0.39, 0.29) is 37.0 Å². The number of hydrogen-bond acceptors (Lipinski definition) is 5. The normalized spacial score (nSPS) is 19.8. The van der Waals surface area contributed by atoms with Crippen molar-refractivity contribution in [2.24, 2.45) is 5.92 Å². The Morgan fingerprint density at radius 1 is 1.09 bits per heavy atom. The van der Waals surface area contributed by atoms with Crippen molar-refractivity contribution in [3.8, 4) is 5.75 Å². The third-order valence-corrected chi connectivity index (χ3v) is 8.00. The predicted molar refractivity (Wildman–Crippen MR) is 132 cm³/mol. The third-order valence-electron chi connectivity index (χ3n) is 6.45. The molecule has 2 aromatic rings. The highest BCUT2D eigenvalue weighted by Crippen LogP contribution is 2.37. The first kappa shape index (κ1) is 24.5. The molecule has 2 N–H and O–H groups in total. The summed E-state index contributed by atoms with van der Waals surface area (Å²) in [5.41, 5.74) is 3.61. The number of fused-ring (bicyclic) bond motifs is 1. The average molecular weight is 487 g/mol. The van der Waals surface area contributed by atoms with Crippen molar-refractivity contribution in [2.75, 3.05) is 25.5 Å². The summed E-state index contributed by atoms with van der Waals surface area (Å²) in [6.07, 6.45) is 4.10. The second-order valence-corrected chi connectivity index (χ2v) is 11.0. The molecule has 0 aliphatic heterocycles. The maximum absolute atomic E-state index is 12.2. The predicted octanol–water partition coefficient (Wildman–Crippen LogP) is 3.78. The van der Waals surface area contributed by atoms with Crippen LogP contribution in [0.1, 0.15) is 48.8 Å². The first-order valence-electron chi connectivity index (χ1n) is 12.1. The van der Waals surface area contributed by atoms with Crippen molar-refractivity contribution in [1.82, 2.24) is 10.0 Å². The maximum atomic E-state index is 12.2. The Labute approximate surface area is 202 Å². The van der Waals surface area contributed by atoms with E-state index in [1.54, 1.807) is 6.92 Å². The quantitative estimate of drug-likeness (QED) is 0.472. The SMILES string of the molecule is CCOC(=O)NC1CCc2ccc(OCCNS(=O)(=O)CC3CC3)cc2C1Cc1ccccc1. The highest BCUT2D eigenvalue weighted by Gasteiger charge is 2.32. The number of benzene rings is 2. The molecule has 34 heavy (non-hydrogen) atoms. The van der Waals surface area contributed by atoms with Gasteiger partial charge in [0.25, 0.3) is 0 Å². The zero-order valence-corrected chi connectivity index (χ0v) is 20.5. The van der Waals surface area contributed by atoms with E-state index in [0.29, 0.717) is 18.3 Å². The van der Waals surface area contributed by atoms with Crippen LogP contribution in [0.25, 0.3) is 0 Å². The molecular weight excluding hydrogens is 452 g/mol. The number of aryl methyl sites for hydroxylation is 1. The molecule has 2 aliphatic carbocycles. The summed E-state index contributed by atoms with van der Waals surface area (Å²) in [7, 11) is -3.24. The average Bonchev–Trinajstić information content (AvgIpc) is 3.62. The van der Waals surface area contributed by atoms with Gasteiger partial charge in [-0.1, -0.05) is 36.4 Å². The summed E-state index contributed by atoms with van der Waals surface area (Å²) >= 11 is 0. The number of alkyl carbamates (subject to hydrolysis) is 1. The molecule has 0 bridgehead atoms. The highest BCUT2D eigenvalue weighted by atomic mass is 32.2. The number of nitrogens with one attached hydrogen (secondary N) is 2. The molecule has 7 nitrogen and oxygen atoms in total. The van der Waals surface area contributed by atoms with E-state index in [0.717, 1.165) is 37.7 Å². The molecule has 2 aliphatic rings. The van der Waals surface area contributed by atoms with Gasteiger partial charge in [-0.25, -0.2) is 17.9 Å². The minimum atomic E-state index is -3.24. The molecule has 2 atom stereocenters. The van der Waals surface area contributed by atoms with E-state index < -0.39 is 10.0 Å². The molecule has 0 saturated heterocycles. The molecule has 0 heterocycles. The number of carbonyl (C=O) groups excluding carboxylic acids is 1. The van der Waals surface area contributed by atoms with E-state index in [1.807, 2.05) is 30.3 Å². The summed E-state index contributed by atoms with van der Waals surface area (Å²) in [4.78, 5) is 12.2. The van der Waals surface area contributed by atoms with Gasteiger partial charge in [0.15, 0.2) is 0 Å². The molecule has 1 saturated carbocycles. The first-order chi connectivity index (χ1) is 16.4. The van der Waals surface area contributed by atoms with E-state index in [1.165, 1.54) is 11.1 Å². The van der Waals surface area contributed by atoms with Crippen LogP contribution in [0.15, 0.2) is 48.5 Å². The molecule has 8 heteroatoms. The monoisotopic (exact) mass is 486 g/mol. The van der Waals surface area contributed by atoms with Crippen molar-refractivity contribution >= 4 is 16.1 Å². The zero-order chi connectivity index (χ0) is 24.0. The molecule has 1 amide bonds. The first-order valence-corrected chi connectivity index (χ1v) is 13.8.